The van der Waals surface area contributed by atoms with E-state index in [2.05, 4.69) is 22.6 Å². The summed E-state index contributed by atoms with van der Waals surface area (Å²) in [7, 11) is 1.64. The number of amides is 1. The fourth-order valence-corrected chi connectivity index (χ4v) is 4.21. The molecule has 1 aromatic carbocycles. The lowest BCUT2D eigenvalue weighted by atomic mass is 10.1. The van der Waals surface area contributed by atoms with Gasteiger partial charge in [0, 0.05) is 38.2 Å². The van der Waals surface area contributed by atoms with Crippen molar-refractivity contribution in [2.45, 2.75) is 6.42 Å². The van der Waals surface area contributed by atoms with Crippen LogP contribution in [-0.4, -0.2) is 26.6 Å². The van der Waals surface area contributed by atoms with Gasteiger partial charge in [0.15, 0.2) is 0 Å². The van der Waals surface area contributed by atoms with Gasteiger partial charge in [0.1, 0.15) is 0 Å². The molecular weight excluding hydrogens is 424 g/mol. The second kappa shape index (κ2) is 5.75. The average Bonchev–Trinajstić information content (AvgIpc) is 2.60. The molecule has 0 radical (unpaired) electrons. The van der Waals surface area contributed by atoms with Crippen molar-refractivity contribution in [1.82, 2.24) is 0 Å². The normalized spacial score (nSPS) is 20.1. The van der Waals surface area contributed by atoms with Gasteiger partial charge in [-0.15, -0.1) is 0 Å². The summed E-state index contributed by atoms with van der Waals surface area (Å²) in [6.07, 6.45) is 0.189. The highest BCUT2D eigenvalue weighted by Gasteiger charge is 2.33. The van der Waals surface area contributed by atoms with Gasteiger partial charge in [0.05, 0.1) is 11.4 Å². The van der Waals surface area contributed by atoms with E-state index in [4.69, 9.17) is 22.3 Å². The van der Waals surface area contributed by atoms with Crippen molar-refractivity contribution in [3.8, 4) is 0 Å². The van der Waals surface area contributed by atoms with Crippen molar-refractivity contribution in [3.63, 3.8) is 0 Å². The SMILES string of the molecule is O=C1CC(CS(=O)(=O)Cl)CN1c1cc(Cl)ccc1I. The van der Waals surface area contributed by atoms with Crippen molar-refractivity contribution < 1.29 is 13.2 Å². The molecule has 1 atom stereocenters. The van der Waals surface area contributed by atoms with Crippen LogP contribution < -0.4 is 4.90 Å². The van der Waals surface area contributed by atoms with Crippen molar-refractivity contribution in [2.75, 3.05) is 17.2 Å². The predicted molar refractivity (Wildman–Crippen MR) is 84.3 cm³/mol. The monoisotopic (exact) mass is 433 g/mol. The fourth-order valence-electron chi connectivity index (χ4n) is 2.10. The van der Waals surface area contributed by atoms with Crippen LogP contribution in [0.2, 0.25) is 5.02 Å². The van der Waals surface area contributed by atoms with E-state index in [-0.39, 0.29) is 24.0 Å². The summed E-state index contributed by atoms with van der Waals surface area (Å²) >= 11 is 8.04. The molecule has 1 aliphatic heterocycles. The van der Waals surface area contributed by atoms with Crippen LogP contribution in [0.25, 0.3) is 0 Å². The Morgan fingerprint density at radius 1 is 1.42 bits per heavy atom. The van der Waals surface area contributed by atoms with Gasteiger partial charge in [0.25, 0.3) is 0 Å². The second-order valence-electron chi connectivity index (χ2n) is 4.38. The Bertz CT molecular complexity index is 620. The first-order chi connectivity index (χ1) is 8.76. The minimum Gasteiger partial charge on any atom is -0.311 e. The van der Waals surface area contributed by atoms with Crippen LogP contribution >= 0.6 is 44.9 Å². The molecule has 1 aliphatic rings. The van der Waals surface area contributed by atoms with Crippen molar-refractivity contribution in [1.29, 1.82) is 0 Å². The van der Waals surface area contributed by atoms with Gasteiger partial charge >= 0.3 is 0 Å². The first-order valence-electron chi connectivity index (χ1n) is 5.44. The summed E-state index contributed by atoms with van der Waals surface area (Å²) < 4.78 is 23.0. The Hall–Kier alpha value is -0.0500. The Morgan fingerprint density at radius 2 is 2.11 bits per heavy atom. The van der Waals surface area contributed by atoms with Crippen LogP contribution in [-0.2, 0) is 13.8 Å². The smallest absolute Gasteiger partial charge is 0.232 e. The zero-order valence-electron chi connectivity index (χ0n) is 9.64. The van der Waals surface area contributed by atoms with Crippen LogP contribution in [0.15, 0.2) is 18.2 Å². The third-order valence-electron chi connectivity index (χ3n) is 2.84. The zero-order valence-corrected chi connectivity index (χ0v) is 14.1. The molecule has 0 N–H and O–H groups in total. The van der Waals surface area contributed by atoms with Gasteiger partial charge in [-0.25, -0.2) is 8.42 Å². The number of anilines is 1. The molecule has 2 rings (SSSR count). The molecule has 0 aliphatic carbocycles. The van der Waals surface area contributed by atoms with E-state index in [1.165, 1.54) is 0 Å². The summed E-state index contributed by atoms with van der Waals surface area (Å²) in [5.41, 5.74) is 0.715. The number of carbonyl (C=O) groups excluding carboxylic acids is 1. The van der Waals surface area contributed by atoms with E-state index in [1.54, 1.807) is 17.0 Å². The largest absolute Gasteiger partial charge is 0.311 e. The lowest BCUT2D eigenvalue weighted by Crippen LogP contribution is -2.26. The number of hydrogen-bond acceptors (Lipinski definition) is 3. The van der Waals surface area contributed by atoms with Crippen LogP contribution in [0.1, 0.15) is 6.42 Å². The van der Waals surface area contributed by atoms with Gasteiger partial charge < -0.3 is 4.90 Å². The van der Waals surface area contributed by atoms with Crippen LogP contribution in [0.4, 0.5) is 5.69 Å². The van der Waals surface area contributed by atoms with Crippen molar-refractivity contribution >= 4 is 65.5 Å². The molecule has 4 nitrogen and oxygen atoms in total. The highest BCUT2D eigenvalue weighted by atomic mass is 127. The summed E-state index contributed by atoms with van der Waals surface area (Å²) in [5.74, 6) is -0.566. The Labute approximate surface area is 134 Å². The number of nitrogens with zero attached hydrogens (tertiary/aromatic N) is 1. The van der Waals surface area contributed by atoms with E-state index in [0.717, 1.165) is 3.57 Å². The van der Waals surface area contributed by atoms with Gasteiger partial charge in [-0.05, 0) is 40.8 Å². The fraction of sp³-hybridized carbons (Fsp3) is 0.364. The molecule has 8 heteroatoms. The van der Waals surface area contributed by atoms with Crippen LogP contribution in [0.5, 0.6) is 0 Å². The molecular formula is C11H10Cl2INO3S. The molecule has 1 saturated heterocycles. The molecule has 1 amide bonds. The maximum absolute atomic E-state index is 12.0. The average molecular weight is 434 g/mol. The quantitative estimate of drug-likeness (QED) is 0.544. The van der Waals surface area contributed by atoms with Crippen LogP contribution in [0.3, 0.4) is 0 Å². The van der Waals surface area contributed by atoms with Crippen molar-refractivity contribution in [3.05, 3.63) is 26.8 Å². The molecule has 0 bridgehead atoms. The zero-order chi connectivity index (χ0) is 14.2. The Morgan fingerprint density at radius 3 is 2.74 bits per heavy atom. The molecule has 1 aromatic rings. The molecule has 0 spiro atoms. The standard InChI is InChI=1S/C11H10Cl2INO3S/c12-8-1-2-9(14)10(4-8)15-5-7(3-11(15)16)6-19(13,17)18/h1-2,4,7H,3,5-6H2. The summed E-state index contributed by atoms with van der Waals surface area (Å²) in [6.45, 7) is 0.348. The third kappa shape index (κ3) is 3.96. The Kier molecular flexibility index (Phi) is 4.64. The van der Waals surface area contributed by atoms with Gasteiger partial charge in [-0.1, -0.05) is 11.6 Å². The predicted octanol–water partition coefficient (Wildman–Crippen LogP) is 2.87. The lowest BCUT2D eigenvalue weighted by molar-refractivity contribution is -0.117. The maximum Gasteiger partial charge on any atom is 0.232 e. The number of benzene rings is 1. The van der Waals surface area contributed by atoms with Crippen molar-refractivity contribution in [2.24, 2.45) is 5.92 Å². The van der Waals surface area contributed by atoms with Crippen LogP contribution in [0, 0.1) is 9.49 Å². The minimum absolute atomic E-state index is 0.106. The van der Waals surface area contributed by atoms with Gasteiger partial charge in [-0.3, -0.25) is 4.79 Å². The first-order valence-corrected chi connectivity index (χ1v) is 9.37. The molecule has 1 heterocycles. The Balaban J connectivity index is 2.23. The van der Waals surface area contributed by atoms with E-state index in [0.29, 0.717) is 17.3 Å². The third-order valence-corrected chi connectivity index (χ3v) is 5.23. The van der Waals surface area contributed by atoms with E-state index in [9.17, 15) is 13.2 Å². The summed E-state index contributed by atoms with van der Waals surface area (Å²) in [4.78, 5) is 13.5. The molecule has 1 fully saturated rings. The molecule has 0 aromatic heterocycles. The summed E-state index contributed by atoms with van der Waals surface area (Å²) in [6, 6.07) is 5.27. The minimum atomic E-state index is -3.59. The van der Waals surface area contributed by atoms with E-state index >= 15 is 0 Å². The molecule has 1 unspecified atom stereocenters. The van der Waals surface area contributed by atoms with Gasteiger partial charge in [0.2, 0.25) is 15.0 Å². The number of carbonyl (C=O) groups is 1. The maximum atomic E-state index is 12.0. The molecule has 19 heavy (non-hydrogen) atoms. The summed E-state index contributed by atoms with van der Waals surface area (Å²) in [5, 5.41) is 0.539. The lowest BCUT2D eigenvalue weighted by Gasteiger charge is -2.18. The topological polar surface area (TPSA) is 54.5 Å². The second-order valence-corrected chi connectivity index (χ2v) is 8.80. The molecule has 0 saturated carbocycles. The molecule has 104 valence electrons. The van der Waals surface area contributed by atoms with E-state index < -0.39 is 9.05 Å². The van der Waals surface area contributed by atoms with Gasteiger partial charge in [-0.2, -0.15) is 0 Å². The number of rotatable bonds is 3. The highest BCUT2D eigenvalue weighted by Crippen LogP contribution is 2.32. The first kappa shape index (κ1) is 15.3. The van der Waals surface area contributed by atoms with E-state index in [1.807, 2.05) is 6.07 Å². The highest BCUT2D eigenvalue weighted by molar-refractivity contribution is 14.1. The number of hydrogen-bond donors (Lipinski definition) is 0. The number of halogens is 3.